The number of likely N-dealkylation sites (tertiary alicyclic amines) is 1. The lowest BCUT2D eigenvalue weighted by Crippen LogP contribution is -2.36. The molecular formula is C21H33N5O2S2. The van der Waals surface area contributed by atoms with Crippen LogP contribution >= 0.6 is 11.8 Å². The van der Waals surface area contributed by atoms with Gasteiger partial charge in [-0.2, -0.15) is 4.31 Å². The van der Waals surface area contributed by atoms with Gasteiger partial charge in [-0.1, -0.05) is 44.2 Å². The summed E-state index contributed by atoms with van der Waals surface area (Å²) in [6.07, 6.45) is 5.03. The summed E-state index contributed by atoms with van der Waals surface area (Å²) in [4.78, 5) is 2.76. The molecule has 1 atom stereocenters. The molecule has 1 unspecified atom stereocenters. The highest BCUT2D eigenvalue weighted by atomic mass is 32.2. The molecule has 30 heavy (non-hydrogen) atoms. The van der Waals surface area contributed by atoms with Crippen LogP contribution in [0.5, 0.6) is 0 Å². The first-order chi connectivity index (χ1) is 14.4. The van der Waals surface area contributed by atoms with Crippen LogP contribution in [0.1, 0.15) is 39.5 Å². The highest BCUT2D eigenvalue weighted by Crippen LogP contribution is 2.27. The predicted molar refractivity (Wildman–Crippen MR) is 122 cm³/mol. The van der Waals surface area contributed by atoms with Gasteiger partial charge < -0.3 is 9.47 Å². The summed E-state index contributed by atoms with van der Waals surface area (Å²) in [6.45, 7) is 5.79. The standard InChI is InChI=1S/C21H33N5O2S2/c1-5-26(6-2)30(27,28)19-12-9-10-17(16-19)20-22-23-21(25(20)4)29-15-13-18-11-7-8-14-24(18)3/h9-10,12,16,18H,5-8,11,13-15H2,1-4H3. The van der Waals surface area contributed by atoms with E-state index in [1.165, 1.54) is 30.1 Å². The summed E-state index contributed by atoms with van der Waals surface area (Å²) in [5, 5.41) is 9.57. The van der Waals surface area contributed by atoms with Crippen LogP contribution in [0, 0.1) is 0 Å². The maximum Gasteiger partial charge on any atom is 0.243 e. The van der Waals surface area contributed by atoms with Gasteiger partial charge in [0.15, 0.2) is 11.0 Å². The second-order valence-electron chi connectivity index (χ2n) is 7.75. The number of hydrogen-bond acceptors (Lipinski definition) is 6. The summed E-state index contributed by atoms with van der Waals surface area (Å²) >= 11 is 1.72. The van der Waals surface area contributed by atoms with Crippen molar-refractivity contribution in [1.29, 1.82) is 0 Å². The van der Waals surface area contributed by atoms with Gasteiger partial charge in [-0.25, -0.2) is 8.42 Å². The van der Waals surface area contributed by atoms with Crippen molar-refractivity contribution in [2.75, 3.05) is 32.4 Å². The van der Waals surface area contributed by atoms with E-state index in [1.54, 1.807) is 30.0 Å². The van der Waals surface area contributed by atoms with E-state index >= 15 is 0 Å². The molecule has 0 saturated carbocycles. The van der Waals surface area contributed by atoms with Gasteiger partial charge in [-0.3, -0.25) is 0 Å². The topological polar surface area (TPSA) is 71.3 Å². The summed E-state index contributed by atoms with van der Waals surface area (Å²) in [6, 6.07) is 7.65. The Morgan fingerprint density at radius 3 is 2.63 bits per heavy atom. The summed E-state index contributed by atoms with van der Waals surface area (Å²) in [5.74, 6) is 1.68. The van der Waals surface area contributed by atoms with E-state index in [1.807, 2.05) is 31.5 Å². The number of benzene rings is 1. The third kappa shape index (κ3) is 5.07. The van der Waals surface area contributed by atoms with Gasteiger partial charge in [0.1, 0.15) is 0 Å². The van der Waals surface area contributed by atoms with Crippen molar-refractivity contribution in [2.24, 2.45) is 7.05 Å². The molecule has 2 heterocycles. The fourth-order valence-corrected chi connectivity index (χ4v) is 6.45. The van der Waals surface area contributed by atoms with E-state index in [4.69, 9.17) is 0 Å². The van der Waals surface area contributed by atoms with Crippen LogP contribution in [0.15, 0.2) is 34.3 Å². The number of sulfonamides is 1. The van der Waals surface area contributed by atoms with Crippen molar-refractivity contribution in [2.45, 2.75) is 55.6 Å². The van der Waals surface area contributed by atoms with Crippen molar-refractivity contribution >= 4 is 21.8 Å². The molecule has 3 rings (SSSR count). The lowest BCUT2D eigenvalue weighted by atomic mass is 10.0. The highest BCUT2D eigenvalue weighted by molar-refractivity contribution is 7.99. The lowest BCUT2D eigenvalue weighted by molar-refractivity contribution is 0.182. The number of nitrogens with zero attached hydrogens (tertiary/aromatic N) is 5. The van der Waals surface area contributed by atoms with E-state index in [0.717, 1.165) is 22.9 Å². The minimum atomic E-state index is -3.50. The first kappa shape index (κ1) is 23.2. The molecule has 166 valence electrons. The Morgan fingerprint density at radius 2 is 1.93 bits per heavy atom. The maximum atomic E-state index is 12.9. The molecule has 1 saturated heterocycles. The molecule has 0 N–H and O–H groups in total. The minimum Gasteiger partial charge on any atom is -0.305 e. The van der Waals surface area contributed by atoms with E-state index in [2.05, 4.69) is 22.1 Å². The predicted octanol–water partition coefficient (Wildman–Crippen LogP) is 3.48. The van der Waals surface area contributed by atoms with Crippen LogP contribution in [0.25, 0.3) is 11.4 Å². The SMILES string of the molecule is CCN(CC)S(=O)(=O)c1cccc(-c2nnc(SCCC3CCCCN3C)n2C)c1. The van der Waals surface area contributed by atoms with Crippen molar-refractivity contribution < 1.29 is 8.42 Å². The van der Waals surface area contributed by atoms with E-state index in [9.17, 15) is 8.42 Å². The molecule has 1 aliphatic rings. The maximum absolute atomic E-state index is 12.9. The second-order valence-corrected chi connectivity index (χ2v) is 10.7. The molecule has 0 radical (unpaired) electrons. The van der Waals surface area contributed by atoms with Crippen molar-refractivity contribution in [1.82, 2.24) is 24.0 Å². The Morgan fingerprint density at radius 1 is 1.17 bits per heavy atom. The lowest BCUT2D eigenvalue weighted by Gasteiger charge is -2.32. The molecule has 0 spiro atoms. The minimum absolute atomic E-state index is 0.293. The Bertz CT molecular complexity index is 941. The zero-order chi connectivity index (χ0) is 21.7. The molecule has 0 bridgehead atoms. The average molecular weight is 452 g/mol. The number of aromatic nitrogens is 3. The van der Waals surface area contributed by atoms with Crippen molar-refractivity contribution in [3.63, 3.8) is 0 Å². The van der Waals surface area contributed by atoms with Crippen LogP contribution in [0.2, 0.25) is 0 Å². The zero-order valence-corrected chi connectivity index (χ0v) is 20.0. The van der Waals surface area contributed by atoms with Gasteiger partial charge in [-0.15, -0.1) is 10.2 Å². The van der Waals surface area contributed by atoms with Gasteiger partial charge in [0.05, 0.1) is 4.90 Å². The molecule has 1 fully saturated rings. The van der Waals surface area contributed by atoms with Gasteiger partial charge in [-0.05, 0) is 45.0 Å². The molecule has 1 aliphatic heterocycles. The highest BCUT2D eigenvalue weighted by Gasteiger charge is 2.23. The summed E-state index contributed by atoms with van der Waals surface area (Å²) in [7, 11) is 0.653. The Balaban J connectivity index is 1.72. The molecule has 1 aromatic carbocycles. The number of hydrogen-bond donors (Lipinski definition) is 0. The monoisotopic (exact) mass is 451 g/mol. The molecule has 2 aromatic rings. The third-order valence-electron chi connectivity index (χ3n) is 5.87. The molecule has 0 aliphatic carbocycles. The van der Waals surface area contributed by atoms with Crippen LogP contribution in [0.4, 0.5) is 0 Å². The molecule has 0 amide bonds. The van der Waals surface area contributed by atoms with Crippen LogP contribution in [-0.2, 0) is 17.1 Å². The molecule has 7 nitrogen and oxygen atoms in total. The number of piperidine rings is 1. The smallest absolute Gasteiger partial charge is 0.243 e. The number of rotatable bonds is 9. The van der Waals surface area contributed by atoms with Gasteiger partial charge in [0.25, 0.3) is 0 Å². The van der Waals surface area contributed by atoms with Crippen molar-refractivity contribution in [3.8, 4) is 11.4 Å². The Kier molecular flexibility index (Phi) is 7.95. The van der Waals surface area contributed by atoms with E-state index in [0.29, 0.717) is 29.9 Å². The largest absolute Gasteiger partial charge is 0.305 e. The van der Waals surface area contributed by atoms with Crippen molar-refractivity contribution in [3.05, 3.63) is 24.3 Å². The number of thioether (sulfide) groups is 1. The van der Waals surface area contributed by atoms with Gasteiger partial charge in [0, 0.05) is 37.5 Å². The quantitative estimate of drug-likeness (QED) is 0.544. The fourth-order valence-electron chi connectivity index (χ4n) is 4.00. The average Bonchev–Trinajstić information content (AvgIpc) is 3.11. The van der Waals surface area contributed by atoms with Gasteiger partial charge >= 0.3 is 0 Å². The molecule has 1 aromatic heterocycles. The molecule has 9 heteroatoms. The summed E-state index contributed by atoms with van der Waals surface area (Å²) in [5.41, 5.74) is 0.761. The molecular weight excluding hydrogens is 418 g/mol. The zero-order valence-electron chi connectivity index (χ0n) is 18.4. The van der Waals surface area contributed by atoms with Crippen LogP contribution < -0.4 is 0 Å². The first-order valence-corrected chi connectivity index (χ1v) is 13.1. The Hall–Kier alpha value is -1.42. The fraction of sp³-hybridized carbons (Fsp3) is 0.619. The van der Waals surface area contributed by atoms with Gasteiger partial charge in [0.2, 0.25) is 10.0 Å². The van der Waals surface area contributed by atoms with Crippen LogP contribution in [0.3, 0.4) is 0 Å². The van der Waals surface area contributed by atoms with E-state index in [-0.39, 0.29) is 0 Å². The summed E-state index contributed by atoms with van der Waals surface area (Å²) < 4.78 is 29.1. The van der Waals surface area contributed by atoms with E-state index < -0.39 is 10.0 Å². The van der Waals surface area contributed by atoms with Crippen LogP contribution in [-0.4, -0.2) is 70.9 Å². The normalized spacial score (nSPS) is 18.2. The third-order valence-corrected chi connectivity index (χ3v) is 8.97. The second kappa shape index (κ2) is 10.3. The first-order valence-electron chi connectivity index (χ1n) is 10.7. The Labute approximate surface area is 184 Å².